The molecule has 5 nitrogen and oxygen atoms in total. The first-order valence-electron chi connectivity index (χ1n) is 6.73. The number of fused-ring (bicyclic) bond motifs is 1. The summed E-state index contributed by atoms with van der Waals surface area (Å²) in [6, 6.07) is 0. The summed E-state index contributed by atoms with van der Waals surface area (Å²) in [6.45, 7) is 5.45. The zero-order chi connectivity index (χ0) is 12.8. The van der Waals surface area contributed by atoms with Crippen molar-refractivity contribution in [2.45, 2.75) is 39.5 Å². The summed E-state index contributed by atoms with van der Waals surface area (Å²) in [5, 5.41) is 11.2. The largest absolute Gasteiger partial charge is 0.369 e. The lowest BCUT2D eigenvalue weighted by molar-refractivity contribution is 0.472. The molecule has 0 radical (unpaired) electrons. The Hall–Kier alpha value is -1.65. The fourth-order valence-corrected chi connectivity index (χ4v) is 2.09. The molecule has 1 unspecified atom stereocenters. The molecule has 0 fully saturated rings. The van der Waals surface area contributed by atoms with Crippen molar-refractivity contribution in [3.05, 3.63) is 12.5 Å². The molecule has 0 saturated heterocycles. The summed E-state index contributed by atoms with van der Waals surface area (Å²) >= 11 is 0. The predicted octanol–water partition coefficient (Wildman–Crippen LogP) is 2.98. The summed E-state index contributed by atoms with van der Waals surface area (Å²) in [6.07, 6.45) is 8.37. The van der Waals surface area contributed by atoms with Crippen molar-refractivity contribution in [3.8, 4) is 0 Å². The van der Waals surface area contributed by atoms with E-state index in [2.05, 4.69) is 39.3 Å². The molecule has 0 aliphatic carbocycles. The third-order valence-corrected chi connectivity index (χ3v) is 3.35. The van der Waals surface area contributed by atoms with Gasteiger partial charge in [0.1, 0.15) is 12.1 Å². The van der Waals surface area contributed by atoms with E-state index in [9.17, 15) is 0 Å². The molecule has 1 atom stereocenters. The van der Waals surface area contributed by atoms with E-state index in [0.29, 0.717) is 5.92 Å². The third kappa shape index (κ3) is 2.97. The smallest absolute Gasteiger partial charge is 0.160 e. The number of hydrogen-bond donors (Lipinski definition) is 2. The van der Waals surface area contributed by atoms with Crippen LogP contribution in [0.1, 0.15) is 39.5 Å². The summed E-state index contributed by atoms with van der Waals surface area (Å²) in [5.41, 5.74) is 0.786. The quantitative estimate of drug-likeness (QED) is 0.789. The van der Waals surface area contributed by atoms with Gasteiger partial charge in [-0.15, -0.1) is 0 Å². The molecule has 0 aliphatic rings. The first-order chi connectivity index (χ1) is 8.85. The van der Waals surface area contributed by atoms with Gasteiger partial charge in [0, 0.05) is 6.54 Å². The minimum Gasteiger partial charge on any atom is -0.369 e. The van der Waals surface area contributed by atoms with Crippen LogP contribution < -0.4 is 5.32 Å². The van der Waals surface area contributed by atoms with Crippen molar-refractivity contribution in [2.24, 2.45) is 5.92 Å². The lowest BCUT2D eigenvalue weighted by atomic mass is 9.99. The molecular formula is C13H21N5. The highest BCUT2D eigenvalue weighted by molar-refractivity contribution is 5.85. The highest BCUT2D eigenvalue weighted by Gasteiger charge is 2.08. The lowest BCUT2D eigenvalue weighted by Gasteiger charge is -2.15. The first-order valence-corrected chi connectivity index (χ1v) is 6.73. The lowest BCUT2D eigenvalue weighted by Crippen LogP contribution is -2.14. The zero-order valence-electron chi connectivity index (χ0n) is 11.1. The van der Waals surface area contributed by atoms with Crippen LogP contribution in [0.25, 0.3) is 11.0 Å². The fourth-order valence-electron chi connectivity index (χ4n) is 2.09. The van der Waals surface area contributed by atoms with Gasteiger partial charge in [-0.3, -0.25) is 5.10 Å². The molecule has 2 N–H and O–H groups in total. The molecule has 2 heterocycles. The molecule has 2 rings (SSSR count). The van der Waals surface area contributed by atoms with Crippen molar-refractivity contribution in [3.63, 3.8) is 0 Å². The Morgan fingerprint density at radius 1 is 1.33 bits per heavy atom. The normalized spacial score (nSPS) is 12.8. The maximum atomic E-state index is 4.28. The second-order valence-corrected chi connectivity index (χ2v) is 4.65. The number of H-pyrrole nitrogens is 1. The molecule has 2 aromatic rings. The van der Waals surface area contributed by atoms with Crippen molar-refractivity contribution in [1.29, 1.82) is 0 Å². The molecule has 5 heteroatoms. The molecule has 0 amide bonds. The van der Waals surface area contributed by atoms with E-state index in [-0.39, 0.29) is 0 Å². The molecule has 18 heavy (non-hydrogen) atoms. The fraction of sp³-hybridized carbons (Fsp3) is 0.615. The minimum atomic E-state index is 0.710. The van der Waals surface area contributed by atoms with Gasteiger partial charge in [-0.25, -0.2) is 9.97 Å². The van der Waals surface area contributed by atoms with Crippen LogP contribution in [0.15, 0.2) is 12.5 Å². The predicted molar refractivity (Wildman–Crippen MR) is 73.5 cm³/mol. The molecule has 0 spiro atoms. The average Bonchev–Trinajstić information content (AvgIpc) is 2.88. The van der Waals surface area contributed by atoms with Crippen molar-refractivity contribution in [1.82, 2.24) is 20.2 Å². The van der Waals surface area contributed by atoms with E-state index in [1.807, 2.05) is 0 Å². The number of nitrogens with one attached hydrogen (secondary N) is 2. The molecular weight excluding hydrogens is 226 g/mol. The number of anilines is 1. The Morgan fingerprint density at radius 3 is 3.00 bits per heavy atom. The van der Waals surface area contributed by atoms with E-state index >= 15 is 0 Å². The number of unbranched alkanes of at least 4 members (excludes halogenated alkanes) is 1. The van der Waals surface area contributed by atoms with Crippen LogP contribution in [0.2, 0.25) is 0 Å². The van der Waals surface area contributed by atoms with Crippen LogP contribution in [-0.2, 0) is 0 Å². The van der Waals surface area contributed by atoms with Gasteiger partial charge < -0.3 is 5.32 Å². The van der Waals surface area contributed by atoms with E-state index in [4.69, 9.17) is 0 Å². The van der Waals surface area contributed by atoms with Crippen molar-refractivity contribution >= 4 is 16.9 Å². The van der Waals surface area contributed by atoms with Crippen LogP contribution in [-0.4, -0.2) is 26.7 Å². The standard InChI is InChI=1S/C13H21N5/c1-3-5-6-10(4-2)7-14-12-11-8-17-18-13(11)16-9-15-12/h8-10H,3-7H2,1-2H3,(H2,14,15,16,17,18). The minimum absolute atomic E-state index is 0.710. The highest BCUT2D eigenvalue weighted by Crippen LogP contribution is 2.18. The van der Waals surface area contributed by atoms with Crippen molar-refractivity contribution in [2.75, 3.05) is 11.9 Å². The molecule has 0 aliphatic heterocycles. The Labute approximate surface area is 107 Å². The number of rotatable bonds is 7. The van der Waals surface area contributed by atoms with Gasteiger partial charge >= 0.3 is 0 Å². The summed E-state index contributed by atoms with van der Waals surface area (Å²) in [7, 11) is 0. The monoisotopic (exact) mass is 247 g/mol. The maximum absolute atomic E-state index is 4.28. The van der Waals surface area contributed by atoms with Gasteiger partial charge in [0.25, 0.3) is 0 Å². The number of aromatic nitrogens is 4. The molecule has 2 aromatic heterocycles. The van der Waals surface area contributed by atoms with Crippen LogP contribution in [0.4, 0.5) is 5.82 Å². The number of nitrogens with zero attached hydrogens (tertiary/aromatic N) is 3. The second kappa shape index (κ2) is 6.33. The Bertz CT molecular complexity index is 479. The van der Waals surface area contributed by atoms with E-state index in [1.54, 1.807) is 12.5 Å². The van der Waals surface area contributed by atoms with Gasteiger partial charge in [-0.1, -0.05) is 33.1 Å². The SMILES string of the molecule is CCCCC(CC)CNc1ncnc2[nH]ncc12. The van der Waals surface area contributed by atoms with E-state index in [1.165, 1.54) is 25.7 Å². The van der Waals surface area contributed by atoms with Gasteiger partial charge in [0.05, 0.1) is 11.6 Å². The Balaban J connectivity index is 1.98. The zero-order valence-corrected chi connectivity index (χ0v) is 11.1. The Morgan fingerprint density at radius 2 is 2.22 bits per heavy atom. The van der Waals surface area contributed by atoms with Gasteiger partial charge in [0.15, 0.2) is 5.65 Å². The van der Waals surface area contributed by atoms with Crippen LogP contribution in [0.3, 0.4) is 0 Å². The number of hydrogen-bond acceptors (Lipinski definition) is 4. The first kappa shape index (κ1) is 12.8. The maximum Gasteiger partial charge on any atom is 0.160 e. The molecule has 0 aromatic carbocycles. The summed E-state index contributed by atoms with van der Waals surface area (Å²) < 4.78 is 0. The number of aromatic amines is 1. The van der Waals surface area contributed by atoms with Gasteiger partial charge in [-0.05, 0) is 12.3 Å². The van der Waals surface area contributed by atoms with Crippen LogP contribution in [0.5, 0.6) is 0 Å². The third-order valence-electron chi connectivity index (χ3n) is 3.35. The molecule has 98 valence electrons. The summed E-state index contributed by atoms with van der Waals surface area (Å²) in [5.74, 6) is 1.59. The summed E-state index contributed by atoms with van der Waals surface area (Å²) in [4.78, 5) is 8.41. The molecule has 0 bridgehead atoms. The van der Waals surface area contributed by atoms with Crippen molar-refractivity contribution < 1.29 is 0 Å². The van der Waals surface area contributed by atoms with Crippen LogP contribution >= 0.6 is 0 Å². The average molecular weight is 247 g/mol. The topological polar surface area (TPSA) is 66.5 Å². The van der Waals surface area contributed by atoms with Gasteiger partial charge in [0.2, 0.25) is 0 Å². The van der Waals surface area contributed by atoms with Gasteiger partial charge in [-0.2, -0.15) is 5.10 Å². The highest BCUT2D eigenvalue weighted by atomic mass is 15.2. The Kier molecular flexibility index (Phi) is 4.50. The molecule has 0 saturated carbocycles. The van der Waals surface area contributed by atoms with Crippen LogP contribution in [0, 0.1) is 5.92 Å². The second-order valence-electron chi connectivity index (χ2n) is 4.65. The van der Waals surface area contributed by atoms with E-state index in [0.717, 1.165) is 23.4 Å². The van der Waals surface area contributed by atoms with E-state index < -0.39 is 0 Å².